The van der Waals surface area contributed by atoms with Crippen molar-refractivity contribution in [3.05, 3.63) is 20.8 Å². The monoisotopic (exact) mass is 272 g/mol. The molecule has 0 amide bonds. The average molecular weight is 272 g/mol. The highest BCUT2D eigenvalue weighted by molar-refractivity contribution is 5.61. The highest BCUT2D eigenvalue weighted by atomic mass is 16.3. The summed E-state index contributed by atoms with van der Waals surface area (Å²) in [5.74, 6) is 0.0156. The van der Waals surface area contributed by atoms with Crippen molar-refractivity contribution in [3.63, 3.8) is 0 Å². The fourth-order valence-electron chi connectivity index (χ4n) is 1.71. The van der Waals surface area contributed by atoms with Crippen molar-refractivity contribution in [2.45, 2.75) is 25.9 Å². The van der Waals surface area contributed by atoms with Gasteiger partial charge >= 0.3 is 5.69 Å². The quantitative estimate of drug-likeness (QED) is 0.490. The zero-order valence-electron chi connectivity index (χ0n) is 11.1. The Labute approximate surface area is 110 Å². The molecule has 0 aliphatic carbocycles. The smallest absolute Gasteiger partial charge is 0.332 e. The predicted molar refractivity (Wildman–Crippen MR) is 72.2 cm³/mol. The molecule has 0 unspecified atom stereocenters. The molecule has 0 atom stereocenters. The summed E-state index contributed by atoms with van der Waals surface area (Å²) in [5.41, 5.74) is 4.77. The summed E-state index contributed by atoms with van der Waals surface area (Å²) in [6.45, 7) is 1.56. The predicted octanol–water partition coefficient (Wildman–Crippen LogP) is -1.70. The lowest BCUT2D eigenvalue weighted by atomic mass is 10.3. The standard InChI is InChI=1S/C11H20N4O4/c1-3-4-15-9(12)8(13-7(5-16)6-17)10(18)14(2)11(15)19/h7,13,16-17H,3-6,12H2,1-2H3. The number of aliphatic hydroxyl groups excluding tert-OH is 2. The van der Waals surface area contributed by atoms with Crippen LogP contribution in [0.3, 0.4) is 0 Å². The van der Waals surface area contributed by atoms with E-state index in [0.717, 1.165) is 4.57 Å². The molecule has 1 rings (SSSR count). The Bertz CT molecular complexity index is 545. The van der Waals surface area contributed by atoms with Gasteiger partial charge in [-0.25, -0.2) is 4.79 Å². The first-order chi connectivity index (χ1) is 8.97. The zero-order chi connectivity index (χ0) is 14.6. The summed E-state index contributed by atoms with van der Waals surface area (Å²) < 4.78 is 2.23. The highest BCUT2D eigenvalue weighted by Gasteiger charge is 2.17. The van der Waals surface area contributed by atoms with Crippen LogP contribution < -0.4 is 22.3 Å². The van der Waals surface area contributed by atoms with E-state index >= 15 is 0 Å². The molecule has 19 heavy (non-hydrogen) atoms. The molecule has 0 fully saturated rings. The number of aliphatic hydroxyl groups is 2. The van der Waals surface area contributed by atoms with Crippen LogP contribution >= 0.6 is 0 Å². The summed E-state index contributed by atoms with van der Waals surface area (Å²) in [5, 5.41) is 20.7. The van der Waals surface area contributed by atoms with Crippen LogP contribution in [0, 0.1) is 0 Å². The second kappa shape index (κ2) is 6.39. The second-order valence-corrected chi connectivity index (χ2v) is 4.27. The molecule has 0 saturated heterocycles. The molecule has 5 N–H and O–H groups in total. The number of rotatable bonds is 6. The van der Waals surface area contributed by atoms with Gasteiger partial charge < -0.3 is 21.3 Å². The summed E-state index contributed by atoms with van der Waals surface area (Å²) in [4.78, 5) is 23.9. The highest BCUT2D eigenvalue weighted by Crippen LogP contribution is 2.12. The minimum atomic E-state index is -0.706. The van der Waals surface area contributed by atoms with Gasteiger partial charge in [0.25, 0.3) is 5.56 Å². The second-order valence-electron chi connectivity index (χ2n) is 4.27. The minimum Gasteiger partial charge on any atom is -0.394 e. The zero-order valence-corrected chi connectivity index (χ0v) is 11.1. The van der Waals surface area contributed by atoms with Gasteiger partial charge in [-0.05, 0) is 6.42 Å². The van der Waals surface area contributed by atoms with Crippen molar-refractivity contribution < 1.29 is 10.2 Å². The lowest BCUT2D eigenvalue weighted by Crippen LogP contribution is -2.42. The molecule has 1 aromatic rings. The minimum absolute atomic E-state index is 0.0156. The van der Waals surface area contributed by atoms with Gasteiger partial charge in [0.2, 0.25) is 0 Å². The number of anilines is 2. The fraction of sp³-hybridized carbons (Fsp3) is 0.636. The maximum atomic E-state index is 12.0. The Hall–Kier alpha value is -1.80. The molecule has 8 nitrogen and oxygen atoms in total. The topological polar surface area (TPSA) is 123 Å². The average Bonchev–Trinajstić information content (AvgIpc) is 2.42. The molecule has 108 valence electrons. The van der Waals surface area contributed by atoms with Crippen LogP contribution in [0.4, 0.5) is 11.5 Å². The lowest BCUT2D eigenvalue weighted by molar-refractivity contribution is 0.204. The normalized spacial score (nSPS) is 11.0. The van der Waals surface area contributed by atoms with Crippen molar-refractivity contribution in [1.82, 2.24) is 9.13 Å². The van der Waals surface area contributed by atoms with Crippen molar-refractivity contribution in [2.24, 2.45) is 7.05 Å². The molecule has 8 heteroatoms. The molecular weight excluding hydrogens is 252 g/mol. The van der Waals surface area contributed by atoms with E-state index in [2.05, 4.69) is 5.32 Å². The van der Waals surface area contributed by atoms with E-state index in [9.17, 15) is 9.59 Å². The number of nitrogens with zero attached hydrogens (tertiary/aromatic N) is 2. The van der Waals surface area contributed by atoms with Gasteiger partial charge in [-0.1, -0.05) is 6.92 Å². The van der Waals surface area contributed by atoms with Gasteiger partial charge in [-0.2, -0.15) is 0 Å². The third kappa shape index (κ3) is 2.96. The van der Waals surface area contributed by atoms with Crippen LogP contribution in [-0.4, -0.2) is 38.6 Å². The number of nitrogen functional groups attached to an aromatic ring is 1. The van der Waals surface area contributed by atoms with Gasteiger partial charge in [0.1, 0.15) is 11.5 Å². The Morgan fingerprint density at radius 2 is 1.89 bits per heavy atom. The molecule has 0 saturated carbocycles. The number of aromatic nitrogens is 2. The van der Waals surface area contributed by atoms with Crippen molar-refractivity contribution in [2.75, 3.05) is 24.3 Å². The molecule has 1 aromatic heterocycles. The number of nitrogens with two attached hydrogens (primary N) is 1. The van der Waals surface area contributed by atoms with Crippen LogP contribution in [0.15, 0.2) is 9.59 Å². The van der Waals surface area contributed by atoms with Crippen LogP contribution in [0.25, 0.3) is 0 Å². The maximum absolute atomic E-state index is 12.0. The first-order valence-corrected chi connectivity index (χ1v) is 6.05. The largest absolute Gasteiger partial charge is 0.394 e. The Balaban J connectivity index is 3.39. The van der Waals surface area contributed by atoms with Crippen LogP contribution in [0.1, 0.15) is 13.3 Å². The maximum Gasteiger partial charge on any atom is 0.332 e. The van der Waals surface area contributed by atoms with Crippen LogP contribution in [0.2, 0.25) is 0 Å². The van der Waals surface area contributed by atoms with Gasteiger partial charge in [-0.3, -0.25) is 13.9 Å². The third-order valence-corrected chi connectivity index (χ3v) is 2.82. The molecule has 0 radical (unpaired) electrons. The third-order valence-electron chi connectivity index (χ3n) is 2.82. The van der Waals surface area contributed by atoms with Crippen molar-refractivity contribution >= 4 is 11.5 Å². The van der Waals surface area contributed by atoms with Gasteiger partial charge in [0.15, 0.2) is 0 Å². The van der Waals surface area contributed by atoms with Gasteiger partial charge in [0.05, 0.1) is 19.3 Å². The molecule has 0 aromatic carbocycles. The van der Waals surface area contributed by atoms with E-state index in [1.54, 1.807) is 0 Å². The number of hydrogen-bond acceptors (Lipinski definition) is 6. The summed E-state index contributed by atoms with van der Waals surface area (Å²) >= 11 is 0. The summed E-state index contributed by atoms with van der Waals surface area (Å²) in [6, 6.07) is -0.706. The molecule has 0 spiro atoms. The van der Waals surface area contributed by atoms with E-state index in [-0.39, 0.29) is 24.7 Å². The number of nitrogens with one attached hydrogen (secondary N) is 1. The Kier molecular flexibility index (Phi) is 5.13. The SMILES string of the molecule is CCCn1c(N)c(NC(CO)CO)c(=O)n(C)c1=O. The molecule has 1 heterocycles. The van der Waals surface area contributed by atoms with E-state index in [1.807, 2.05) is 6.92 Å². The number of hydrogen-bond donors (Lipinski definition) is 4. The summed E-state index contributed by atoms with van der Waals surface area (Å²) in [7, 11) is 1.36. The van der Waals surface area contributed by atoms with E-state index in [1.165, 1.54) is 11.6 Å². The fourth-order valence-corrected chi connectivity index (χ4v) is 1.71. The Morgan fingerprint density at radius 3 is 2.37 bits per heavy atom. The van der Waals surface area contributed by atoms with Crippen molar-refractivity contribution in [3.8, 4) is 0 Å². The van der Waals surface area contributed by atoms with E-state index < -0.39 is 17.3 Å². The lowest BCUT2D eigenvalue weighted by Gasteiger charge is -2.19. The first kappa shape index (κ1) is 15.3. The van der Waals surface area contributed by atoms with Gasteiger partial charge in [-0.15, -0.1) is 0 Å². The first-order valence-electron chi connectivity index (χ1n) is 6.05. The molecule has 0 aliphatic heterocycles. The van der Waals surface area contributed by atoms with E-state index in [0.29, 0.717) is 13.0 Å². The Morgan fingerprint density at radius 1 is 1.32 bits per heavy atom. The van der Waals surface area contributed by atoms with Crippen molar-refractivity contribution in [1.29, 1.82) is 0 Å². The summed E-state index contributed by atoms with van der Waals surface area (Å²) in [6.07, 6.45) is 0.686. The molecular formula is C11H20N4O4. The molecule has 0 bridgehead atoms. The van der Waals surface area contributed by atoms with Gasteiger partial charge in [0, 0.05) is 13.6 Å². The van der Waals surface area contributed by atoms with Crippen LogP contribution in [0.5, 0.6) is 0 Å². The van der Waals surface area contributed by atoms with E-state index in [4.69, 9.17) is 15.9 Å². The molecule has 0 aliphatic rings. The van der Waals surface area contributed by atoms with Crippen LogP contribution in [-0.2, 0) is 13.6 Å².